The summed E-state index contributed by atoms with van der Waals surface area (Å²) in [5, 5.41) is 14.2. The summed E-state index contributed by atoms with van der Waals surface area (Å²) in [7, 11) is 0. The Morgan fingerprint density at radius 2 is 1.95 bits per heavy atom. The van der Waals surface area contributed by atoms with Gasteiger partial charge in [0.1, 0.15) is 0 Å². The minimum absolute atomic E-state index is 0.144. The van der Waals surface area contributed by atoms with Gasteiger partial charge in [0, 0.05) is 24.8 Å². The minimum atomic E-state index is -0.764. The van der Waals surface area contributed by atoms with Gasteiger partial charge in [-0.3, -0.25) is 4.79 Å². The molecule has 0 bridgehead atoms. The van der Waals surface area contributed by atoms with Crippen LogP contribution in [0.2, 0.25) is 0 Å². The maximum absolute atomic E-state index is 11.5. The molecule has 0 aromatic carbocycles. The molecule has 2 amide bonds. The molecule has 0 saturated heterocycles. The SMILES string of the molecule is CCSCC(C)NC(=O)NCCC(C)CCC(=O)O. The average molecular weight is 290 g/mol. The number of urea groups is 1. The van der Waals surface area contributed by atoms with Crippen molar-refractivity contribution in [3.63, 3.8) is 0 Å². The normalized spacial score (nSPS) is 13.6. The molecular formula is C13H26N2O3S. The van der Waals surface area contributed by atoms with E-state index >= 15 is 0 Å². The second kappa shape index (κ2) is 11.0. The predicted octanol–water partition coefficient (Wildman–Crippen LogP) is 2.32. The van der Waals surface area contributed by atoms with Crippen LogP contribution in [-0.4, -0.2) is 41.2 Å². The second-order valence-corrected chi connectivity index (χ2v) is 6.11. The number of carbonyl (C=O) groups excluding carboxylic acids is 1. The number of rotatable bonds is 10. The molecule has 0 spiro atoms. The lowest BCUT2D eigenvalue weighted by molar-refractivity contribution is -0.137. The highest BCUT2D eigenvalue weighted by Crippen LogP contribution is 2.09. The summed E-state index contributed by atoms with van der Waals surface area (Å²) in [5.74, 6) is 1.51. The molecular weight excluding hydrogens is 264 g/mol. The van der Waals surface area contributed by atoms with Crippen LogP contribution >= 0.6 is 11.8 Å². The van der Waals surface area contributed by atoms with Gasteiger partial charge < -0.3 is 15.7 Å². The topological polar surface area (TPSA) is 78.4 Å². The number of aliphatic carboxylic acids is 1. The summed E-state index contributed by atoms with van der Waals surface area (Å²) in [6, 6.07) is 0.0176. The Morgan fingerprint density at radius 1 is 1.26 bits per heavy atom. The summed E-state index contributed by atoms with van der Waals surface area (Å²) in [4.78, 5) is 22.0. The third-order valence-electron chi connectivity index (χ3n) is 2.72. The number of hydrogen-bond donors (Lipinski definition) is 3. The number of nitrogens with one attached hydrogen (secondary N) is 2. The lowest BCUT2D eigenvalue weighted by Crippen LogP contribution is -2.42. The van der Waals surface area contributed by atoms with E-state index in [0.717, 1.165) is 17.9 Å². The predicted molar refractivity (Wildman–Crippen MR) is 79.6 cm³/mol. The number of hydrogen-bond acceptors (Lipinski definition) is 3. The van der Waals surface area contributed by atoms with Gasteiger partial charge in [0.15, 0.2) is 0 Å². The highest BCUT2D eigenvalue weighted by molar-refractivity contribution is 7.99. The lowest BCUT2D eigenvalue weighted by Gasteiger charge is -2.15. The van der Waals surface area contributed by atoms with Crippen LogP contribution in [-0.2, 0) is 4.79 Å². The first-order valence-electron chi connectivity index (χ1n) is 6.79. The average Bonchev–Trinajstić information content (AvgIpc) is 2.33. The van der Waals surface area contributed by atoms with Crippen LogP contribution in [0.1, 0.15) is 40.0 Å². The van der Waals surface area contributed by atoms with E-state index in [1.165, 1.54) is 0 Å². The van der Waals surface area contributed by atoms with Crippen molar-refractivity contribution < 1.29 is 14.7 Å². The third kappa shape index (κ3) is 11.9. The van der Waals surface area contributed by atoms with E-state index in [1.807, 2.05) is 13.8 Å². The fraction of sp³-hybridized carbons (Fsp3) is 0.846. The van der Waals surface area contributed by atoms with Crippen molar-refractivity contribution in [2.24, 2.45) is 5.92 Å². The van der Waals surface area contributed by atoms with Gasteiger partial charge in [-0.2, -0.15) is 11.8 Å². The van der Waals surface area contributed by atoms with Crippen molar-refractivity contribution in [3.05, 3.63) is 0 Å². The molecule has 5 nitrogen and oxygen atoms in total. The van der Waals surface area contributed by atoms with Gasteiger partial charge in [0.25, 0.3) is 0 Å². The molecule has 112 valence electrons. The number of carboxylic acid groups (broad SMARTS) is 1. The standard InChI is InChI=1S/C13H26N2O3S/c1-4-19-9-11(3)15-13(18)14-8-7-10(2)5-6-12(16)17/h10-11H,4-9H2,1-3H3,(H,16,17)(H2,14,15,18). The number of amides is 2. The zero-order valence-electron chi connectivity index (χ0n) is 12.1. The van der Waals surface area contributed by atoms with Crippen LogP contribution in [0.3, 0.4) is 0 Å². The molecule has 0 aliphatic heterocycles. The van der Waals surface area contributed by atoms with Crippen molar-refractivity contribution >= 4 is 23.8 Å². The molecule has 0 heterocycles. The first-order chi connectivity index (χ1) is 8.95. The Hall–Kier alpha value is -0.910. The van der Waals surface area contributed by atoms with Crippen molar-refractivity contribution in [1.82, 2.24) is 10.6 Å². The maximum atomic E-state index is 11.5. The van der Waals surface area contributed by atoms with E-state index in [4.69, 9.17) is 5.11 Å². The third-order valence-corrected chi connectivity index (χ3v) is 3.87. The number of carbonyl (C=O) groups is 2. The Bertz CT molecular complexity index is 275. The number of carboxylic acids is 1. The van der Waals surface area contributed by atoms with Gasteiger partial charge in [-0.15, -0.1) is 0 Å². The van der Waals surface area contributed by atoms with Crippen LogP contribution in [0, 0.1) is 5.92 Å². The molecule has 0 aromatic heterocycles. The molecule has 3 N–H and O–H groups in total. The zero-order valence-corrected chi connectivity index (χ0v) is 12.9. The number of thioether (sulfide) groups is 1. The molecule has 0 radical (unpaired) electrons. The van der Waals surface area contributed by atoms with Gasteiger partial charge in [-0.25, -0.2) is 4.79 Å². The Kier molecular flexibility index (Phi) is 10.4. The van der Waals surface area contributed by atoms with Crippen LogP contribution in [0.25, 0.3) is 0 Å². The second-order valence-electron chi connectivity index (χ2n) is 4.79. The van der Waals surface area contributed by atoms with Crippen molar-refractivity contribution in [2.75, 3.05) is 18.1 Å². The van der Waals surface area contributed by atoms with Crippen LogP contribution in [0.4, 0.5) is 4.79 Å². The highest BCUT2D eigenvalue weighted by atomic mass is 32.2. The molecule has 19 heavy (non-hydrogen) atoms. The summed E-state index contributed by atoms with van der Waals surface area (Å²) < 4.78 is 0. The molecule has 0 aliphatic rings. The first kappa shape index (κ1) is 18.1. The van der Waals surface area contributed by atoms with Crippen molar-refractivity contribution in [3.8, 4) is 0 Å². The molecule has 2 atom stereocenters. The van der Waals surface area contributed by atoms with Gasteiger partial charge >= 0.3 is 12.0 Å². The Morgan fingerprint density at radius 3 is 2.53 bits per heavy atom. The molecule has 0 aliphatic carbocycles. The summed E-state index contributed by atoms with van der Waals surface area (Å²) >= 11 is 1.80. The van der Waals surface area contributed by atoms with E-state index in [0.29, 0.717) is 18.9 Å². The van der Waals surface area contributed by atoms with Crippen LogP contribution in [0.5, 0.6) is 0 Å². The molecule has 0 rings (SSSR count). The van der Waals surface area contributed by atoms with Crippen LogP contribution in [0.15, 0.2) is 0 Å². The fourth-order valence-corrected chi connectivity index (χ4v) is 2.23. The van der Waals surface area contributed by atoms with E-state index in [1.54, 1.807) is 11.8 Å². The first-order valence-corrected chi connectivity index (χ1v) is 7.95. The van der Waals surface area contributed by atoms with Gasteiger partial charge in [-0.1, -0.05) is 13.8 Å². The highest BCUT2D eigenvalue weighted by Gasteiger charge is 2.08. The lowest BCUT2D eigenvalue weighted by atomic mass is 10.0. The molecule has 0 saturated carbocycles. The zero-order chi connectivity index (χ0) is 14.7. The molecule has 6 heteroatoms. The van der Waals surface area contributed by atoms with Gasteiger partial charge in [0.05, 0.1) is 0 Å². The summed E-state index contributed by atoms with van der Waals surface area (Å²) in [6.07, 6.45) is 1.65. The maximum Gasteiger partial charge on any atom is 0.315 e. The minimum Gasteiger partial charge on any atom is -0.481 e. The van der Waals surface area contributed by atoms with Gasteiger partial charge in [0.2, 0.25) is 0 Å². The smallest absolute Gasteiger partial charge is 0.315 e. The summed E-state index contributed by atoms with van der Waals surface area (Å²) in [6.45, 7) is 6.66. The quantitative estimate of drug-likeness (QED) is 0.577. The van der Waals surface area contributed by atoms with Gasteiger partial charge in [-0.05, 0) is 31.4 Å². The van der Waals surface area contributed by atoms with Crippen molar-refractivity contribution in [2.45, 2.75) is 46.1 Å². The Balaban J connectivity index is 3.59. The van der Waals surface area contributed by atoms with E-state index < -0.39 is 5.97 Å². The van der Waals surface area contributed by atoms with E-state index in [2.05, 4.69) is 17.6 Å². The van der Waals surface area contributed by atoms with Crippen molar-refractivity contribution in [1.29, 1.82) is 0 Å². The Labute approximate surface area is 119 Å². The molecule has 0 aromatic rings. The molecule has 0 fully saturated rings. The van der Waals surface area contributed by atoms with Crippen LogP contribution < -0.4 is 10.6 Å². The molecule has 2 unspecified atom stereocenters. The van der Waals surface area contributed by atoms with E-state index in [9.17, 15) is 9.59 Å². The largest absolute Gasteiger partial charge is 0.481 e. The summed E-state index contributed by atoms with van der Waals surface area (Å²) in [5.41, 5.74) is 0. The van der Waals surface area contributed by atoms with E-state index in [-0.39, 0.29) is 18.5 Å². The fourth-order valence-electron chi connectivity index (χ4n) is 1.56. The monoisotopic (exact) mass is 290 g/mol.